The second-order valence-corrected chi connectivity index (χ2v) is 7.20. The summed E-state index contributed by atoms with van der Waals surface area (Å²) in [4.78, 5) is 20.3. The van der Waals surface area contributed by atoms with E-state index >= 15 is 0 Å². The molecule has 0 aliphatic rings. The van der Waals surface area contributed by atoms with Gasteiger partial charge in [-0.25, -0.2) is 4.98 Å². The van der Waals surface area contributed by atoms with Gasteiger partial charge in [0.25, 0.3) is 5.91 Å². The molecule has 2 heterocycles. The summed E-state index contributed by atoms with van der Waals surface area (Å²) < 4.78 is 7.05. The number of hydrogen-bond donors (Lipinski definition) is 2. The molecule has 0 bridgehead atoms. The van der Waals surface area contributed by atoms with Gasteiger partial charge in [0.2, 0.25) is 5.88 Å². The summed E-state index contributed by atoms with van der Waals surface area (Å²) in [6, 6.07) is 22.4. The first-order valence-electron chi connectivity index (χ1n) is 9.98. The summed E-state index contributed by atoms with van der Waals surface area (Å²) >= 11 is 0. The highest BCUT2D eigenvalue weighted by Gasteiger charge is 2.16. The zero-order valence-electron chi connectivity index (χ0n) is 17.2. The van der Waals surface area contributed by atoms with Crippen LogP contribution < -0.4 is 4.74 Å². The minimum absolute atomic E-state index is 0.0471. The number of ether oxygens (including phenoxy) is 1. The van der Waals surface area contributed by atoms with Crippen molar-refractivity contribution in [2.45, 2.75) is 6.54 Å². The molecule has 0 unspecified atom stereocenters. The first-order chi connectivity index (χ1) is 15.6. The Labute approximate surface area is 182 Å². The normalized spacial score (nSPS) is 11.5. The number of carbonyl (C=O) groups excluding carboxylic acids is 1. The Kier molecular flexibility index (Phi) is 4.87. The summed E-state index contributed by atoms with van der Waals surface area (Å²) in [5.74, 6) is 0.787. The van der Waals surface area contributed by atoms with Gasteiger partial charge in [0.15, 0.2) is 5.69 Å². The maximum Gasteiger partial charge on any atom is 0.284 e. The molecule has 0 atom stereocenters. The zero-order valence-corrected chi connectivity index (χ0v) is 17.2. The lowest BCUT2D eigenvalue weighted by Crippen LogP contribution is -2.08. The van der Waals surface area contributed by atoms with Crippen LogP contribution in [0.4, 0.5) is 5.69 Å². The van der Waals surface area contributed by atoms with Crippen LogP contribution in [-0.2, 0) is 11.3 Å². The van der Waals surface area contributed by atoms with E-state index in [-0.39, 0.29) is 18.1 Å². The van der Waals surface area contributed by atoms with Crippen molar-refractivity contribution in [1.82, 2.24) is 14.5 Å². The van der Waals surface area contributed by atoms with Crippen molar-refractivity contribution < 1.29 is 14.6 Å². The molecule has 2 aromatic heterocycles. The van der Waals surface area contributed by atoms with Crippen LogP contribution in [0.1, 0.15) is 0 Å². The standard InChI is InChI=1S/C24H19N5O3/c1-32-16-12-10-15(11-13-16)23-25-19-8-4-5-9-20(19)29(23)14-21(30)27-28-22-17-6-2-3-7-18(17)26-24(22)31/h2-13,26,31H,14H2,1H3. The number of imidazole rings is 1. The van der Waals surface area contributed by atoms with Gasteiger partial charge in [0, 0.05) is 10.9 Å². The van der Waals surface area contributed by atoms with E-state index < -0.39 is 5.91 Å². The number of nitrogens with zero attached hydrogens (tertiary/aromatic N) is 4. The SMILES string of the molecule is COc1ccc(-c2nc3ccccc3n2CC(=O)N=Nc2c(O)[nH]c3ccccc23)cc1. The van der Waals surface area contributed by atoms with Crippen molar-refractivity contribution in [3.8, 4) is 23.0 Å². The number of amides is 1. The number of hydrogen-bond acceptors (Lipinski definition) is 5. The fourth-order valence-corrected chi connectivity index (χ4v) is 3.68. The van der Waals surface area contributed by atoms with Gasteiger partial charge < -0.3 is 19.4 Å². The van der Waals surface area contributed by atoms with Crippen LogP contribution >= 0.6 is 0 Å². The number of benzene rings is 3. The first-order valence-corrected chi connectivity index (χ1v) is 9.98. The topological polar surface area (TPSA) is 105 Å². The molecule has 32 heavy (non-hydrogen) atoms. The van der Waals surface area contributed by atoms with E-state index in [1.165, 1.54) is 0 Å². The number of nitrogens with one attached hydrogen (secondary N) is 1. The van der Waals surface area contributed by atoms with Crippen molar-refractivity contribution in [2.24, 2.45) is 10.2 Å². The lowest BCUT2D eigenvalue weighted by Gasteiger charge is -2.07. The Bertz CT molecular complexity index is 1460. The van der Waals surface area contributed by atoms with Crippen molar-refractivity contribution in [3.05, 3.63) is 72.8 Å². The summed E-state index contributed by atoms with van der Waals surface area (Å²) in [5.41, 5.74) is 3.39. The predicted octanol–water partition coefficient (Wildman–Crippen LogP) is 5.21. The van der Waals surface area contributed by atoms with Crippen molar-refractivity contribution >= 4 is 33.5 Å². The molecule has 5 rings (SSSR count). The van der Waals surface area contributed by atoms with E-state index in [1.807, 2.05) is 71.3 Å². The summed E-state index contributed by atoms with van der Waals surface area (Å²) in [5, 5.41) is 18.7. The highest BCUT2D eigenvalue weighted by Crippen LogP contribution is 2.35. The third-order valence-corrected chi connectivity index (χ3v) is 5.22. The molecule has 158 valence electrons. The Morgan fingerprint density at radius 3 is 2.62 bits per heavy atom. The molecule has 0 aliphatic carbocycles. The molecule has 0 saturated heterocycles. The molecule has 5 aromatic rings. The van der Waals surface area contributed by atoms with Crippen LogP contribution in [0.15, 0.2) is 83.0 Å². The van der Waals surface area contributed by atoms with Crippen LogP contribution in [0.2, 0.25) is 0 Å². The molecule has 0 aliphatic heterocycles. The Balaban J connectivity index is 1.49. The van der Waals surface area contributed by atoms with Gasteiger partial charge in [-0.15, -0.1) is 10.2 Å². The van der Waals surface area contributed by atoms with Crippen LogP contribution in [0, 0.1) is 0 Å². The Morgan fingerprint density at radius 2 is 1.81 bits per heavy atom. The Hall–Kier alpha value is -4.46. The number of H-pyrrole nitrogens is 1. The minimum atomic E-state index is -0.465. The van der Waals surface area contributed by atoms with Gasteiger partial charge in [-0.1, -0.05) is 30.3 Å². The van der Waals surface area contributed by atoms with Crippen LogP contribution in [0.3, 0.4) is 0 Å². The fraction of sp³-hybridized carbons (Fsp3) is 0.0833. The molecule has 8 nitrogen and oxygen atoms in total. The maximum absolute atomic E-state index is 12.8. The molecule has 0 spiro atoms. The monoisotopic (exact) mass is 425 g/mol. The Morgan fingerprint density at radius 1 is 1.06 bits per heavy atom. The molecule has 0 fully saturated rings. The molecule has 2 N–H and O–H groups in total. The lowest BCUT2D eigenvalue weighted by molar-refractivity contribution is -0.118. The fourth-order valence-electron chi connectivity index (χ4n) is 3.68. The number of fused-ring (bicyclic) bond motifs is 2. The lowest BCUT2D eigenvalue weighted by atomic mass is 10.2. The zero-order chi connectivity index (χ0) is 22.1. The number of aromatic nitrogens is 3. The van der Waals surface area contributed by atoms with Crippen molar-refractivity contribution in [2.75, 3.05) is 7.11 Å². The van der Waals surface area contributed by atoms with Gasteiger partial charge >= 0.3 is 0 Å². The number of azo groups is 1. The van der Waals surface area contributed by atoms with Gasteiger partial charge in [-0.2, -0.15) is 0 Å². The molecular formula is C24H19N5O3. The smallest absolute Gasteiger partial charge is 0.284 e. The van der Waals surface area contributed by atoms with Gasteiger partial charge in [-0.3, -0.25) is 4.79 Å². The predicted molar refractivity (Wildman–Crippen MR) is 121 cm³/mol. The van der Waals surface area contributed by atoms with Gasteiger partial charge in [-0.05, 0) is 42.5 Å². The first kappa shape index (κ1) is 19.5. The van der Waals surface area contributed by atoms with E-state index in [0.29, 0.717) is 16.7 Å². The van der Waals surface area contributed by atoms with Crippen LogP contribution in [0.5, 0.6) is 11.6 Å². The van der Waals surface area contributed by atoms with E-state index in [4.69, 9.17) is 9.72 Å². The maximum atomic E-state index is 12.8. The highest BCUT2D eigenvalue weighted by atomic mass is 16.5. The average Bonchev–Trinajstić information content (AvgIpc) is 3.34. The number of aromatic amines is 1. The van der Waals surface area contributed by atoms with Gasteiger partial charge in [0.1, 0.15) is 18.1 Å². The van der Waals surface area contributed by atoms with Gasteiger partial charge in [0.05, 0.1) is 23.7 Å². The summed E-state index contributed by atoms with van der Waals surface area (Å²) in [6.07, 6.45) is 0. The molecular weight excluding hydrogens is 406 g/mol. The molecule has 1 amide bonds. The third kappa shape index (κ3) is 3.47. The van der Waals surface area contributed by atoms with Crippen LogP contribution in [0.25, 0.3) is 33.3 Å². The number of rotatable bonds is 5. The quantitative estimate of drug-likeness (QED) is 0.377. The second kappa shape index (κ2) is 7.99. The molecule has 3 aromatic carbocycles. The number of aromatic hydroxyl groups is 1. The second-order valence-electron chi connectivity index (χ2n) is 7.20. The van der Waals surface area contributed by atoms with E-state index in [0.717, 1.165) is 22.3 Å². The van der Waals surface area contributed by atoms with E-state index in [2.05, 4.69) is 15.2 Å². The summed E-state index contributed by atoms with van der Waals surface area (Å²) in [6.45, 7) is -0.0471. The van der Waals surface area contributed by atoms with Crippen molar-refractivity contribution in [1.29, 1.82) is 0 Å². The summed E-state index contributed by atoms with van der Waals surface area (Å²) in [7, 11) is 1.61. The molecule has 0 saturated carbocycles. The van der Waals surface area contributed by atoms with Crippen LogP contribution in [-0.4, -0.2) is 32.7 Å². The number of carbonyl (C=O) groups is 1. The van der Waals surface area contributed by atoms with E-state index in [1.54, 1.807) is 13.2 Å². The minimum Gasteiger partial charge on any atom is -0.497 e. The van der Waals surface area contributed by atoms with Crippen molar-refractivity contribution in [3.63, 3.8) is 0 Å². The largest absolute Gasteiger partial charge is 0.497 e. The molecule has 8 heteroatoms. The third-order valence-electron chi connectivity index (χ3n) is 5.22. The van der Waals surface area contributed by atoms with E-state index in [9.17, 15) is 9.90 Å². The number of methoxy groups -OCH3 is 1. The highest BCUT2D eigenvalue weighted by molar-refractivity contribution is 5.94. The average molecular weight is 425 g/mol. The molecule has 0 radical (unpaired) electrons. The number of para-hydroxylation sites is 3.